The van der Waals surface area contributed by atoms with Crippen molar-refractivity contribution in [3.05, 3.63) is 41.9 Å². The third-order valence-corrected chi connectivity index (χ3v) is 2.88. The summed E-state index contributed by atoms with van der Waals surface area (Å²) in [4.78, 5) is 4.32. The Morgan fingerprint density at radius 1 is 1.22 bits per heavy atom. The number of hydrogen-bond donors (Lipinski definition) is 1. The Balaban J connectivity index is 1.95. The summed E-state index contributed by atoms with van der Waals surface area (Å²) < 4.78 is 5.75. The van der Waals surface area contributed by atoms with Crippen LogP contribution in [-0.4, -0.2) is 18.1 Å². The number of nitrogens with one attached hydrogen (secondary N) is 1. The van der Waals surface area contributed by atoms with Gasteiger partial charge in [0.25, 0.3) is 0 Å². The summed E-state index contributed by atoms with van der Waals surface area (Å²) in [7, 11) is 0. The first-order chi connectivity index (χ1) is 8.79. The monoisotopic (exact) mass is 244 g/mol. The van der Waals surface area contributed by atoms with E-state index < -0.39 is 0 Å². The van der Waals surface area contributed by atoms with Crippen LogP contribution in [-0.2, 0) is 6.42 Å². The third kappa shape index (κ3) is 3.44. The van der Waals surface area contributed by atoms with E-state index in [0.717, 1.165) is 43.1 Å². The number of oxazole rings is 1. The predicted octanol–water partition coefficient (Wildman–Crippen LogP) is 3.19. The van der Waals surface area contributed by atoms with E-state index >= 15 is 0 Å². The van der Waals surface area contributed by atoms with Gasteiger partial charge in [0, 0.05) is 12.0 Å². The number of benzene rings is 1. The minimum atomic E-state index is 0.823. The van der Waals surface area contributed by atoms with Crippen LogP contribution in [0.15, 0.2) is 34.9 Å². The molecule has 3 heteroatoms. The molecule has 0 aliphatic rings. The summed E-state index contributed by atoms with van der Waals surface area (Å²) in [6.45, 7) is 6.22. The molecule has 1 N–H and O–H groups in total. The molecule has 0 saturated heterocycles. The Bertz CT molecular complexity index is 473. The molecule has 2 aromatic rings. The zero-order valence-corrected chi connectivity index (χ0v) is 11.1. The predicted molar refractivity (Wildman–Crippen MR) is 73.5 cm³/mol. The molecule has 3 nitrogen and oxygen atoms in total. The highest BCUT2D eigenvalue weighted by Gasteiger charge is 2.05. The lowest BCUT2D eigenvalue weighted by molar-refractivity contribution is 0.493. The van der Waals surface area contributed by atoms with E-state index in [1.54, 1.807) is 0 Å². The topological polar surface area (TPSA) is 38.1 Å². The molecule has 0 bridgehead atoms. The smallest absolute Gasteiger partial charge is 0.194 e. The van der Waals surface area contributed by atoms with Crippen LogP contribution in [0.1, 0.15) is 24.8 Å². The van der Waals surface area contributed by atoms with E-state index in [2.05, 4.69) is 48.4 Å². The van der Waals surface area contributed by atoms with Gasteiger partial charge in [-0.2, -0.15) is 0 Å². The highest BCUT2D eigenvalue weighted by atomic mass is 16.4. The summed E-state index contributed by atoms with van der Waals surface area (Å²) in [5.41, 5.74) is 2.34. The van der Waals surface area contributed by atoms with Crippen LogP contribution in [0, 0.1) is 6.92 Å². The Labute approximate surface area is 108 Å². The van der Waals surface area contributed by atoms with Crippen molar-refractivity contribution in [3.8, 4) is 11.3 Å². The number of aromatic nitrogens is 1. The second kappa shape index (κ2) is 6.36. The van der Waals surface area contributed by atoms with E-state index in [-0.39, 0.29) is 0 Å². The largest absolute Gasteiger partial charge is 0.441 e. The van der Waals surface area contributed by atoms with Crippen molar-refractivity contribution >= 4 is 0 Å². The van der Waals surface area contributed by atoms with E-state index in [4.69, 9.17) is 4.42 Å². The first-order valence-corrected chi connectivity index (χ1v) is 6.52. The highest BCUT2D eigenvalue weighted by Crippen LogP contribution is 2.21. The Morgan fingerprint density at radius 2 is 2.00 bits per heavy atom. The molecule has 0 aliphatic carbocycles. The van der Waals surface area contributed by atoms with Gasteiger partial charge in [-0.05, 0) is 26.4 Å². The van der Waals surface area contributed by atoms with Crippen LogP contribution in [0.5, 0.6) is 0 Å². The van der Waals surface area contributed by atoms with Gasteiger partial charge in [0.1, 0.15) is 0 Å². The molecule has 0 unspecified atom stereocenters. The van der Waals surface area contributed by atoms with Gasteiger partial charge in [0.05, 0.1) is 6.20 Å². The van der Waals surface area contributed by atoms with Gasteiger partial charge in [0.15, 0.2) is 11.7 Å². The van der Waals surface area contributed by atoms with Gasteiger partial charge in [0.2, 0.25) is 0 Å². The Morgan fingerprint density at radius 3 is 2.72 bits per heavy atom. The van der Waals surface area contributed by atoms with Crippen molar-refractivity contribution in [1.82, 2.24) is 10.3 Å². The molecule has 0 atom stereocenters. The van der Waals surface area contributed by atoms with Crippen molar-refractivity contribution in [2.24, 2.45) is 0 Å². The minimum absolute atomic E-state index is 0.823. The molecule has 2 rings (SSSR count). The van der Waals surface area contributed by atoms with E-state index in [1.807, 2.05) is 6.20 Å². The van der Waals surface area contributed by atoms with Crippen molar-refractivity contribution in [1.29, 1.82) is 0 Å². The molecule has 96 valence electrons. The fourth-order valence-corrected chi connectivity index (χ4v) is 1.82. The Kier molecular flexibility index (Phi) is 4.53. The maximum atomic E-state index is 5.75. The molecule has 0 spiro atoms. The molecule has 0 radical (unpaired) electrons. The lowest BCUT2D eigenvalue weighted by Gasteiger charge is -1.99. The average molecular weight is 244 g/mol. The molecule has 0 saturated carbocycles. The lowest BCUT2D eigenvalue weighted by atomic mass is 10.1. The van der Waals surface area contributed by atoms with E-state index in [0.29, 0.717) is 0 Å². The normalized spacial score (nSPS) is 10.8. The zero-order valence-electron chi connectivity index (χ0n) is 11.1. The summed E-state index contributed by atoms with van der Waals surface area (Å²) in [5.74, 6) is 1.68. The van der Waals surface area contributed by atoms with Crippen LogP contribution in [0.25, 0.3) is 11.3 Å². The fourth-order valence-electron chi connectivity index (χ4n) is 1.82. The SMILES string of the molecule is CCNCCCc1ncc(-c2ccc(C)cc2)o1. The molecule has 0 aliphatic heterocycles. The van der Waals surface area contributed by atoms with Crippen molar-refractivity contribution in [3.63, 3.8) is 0 Å². The summed E-state index contributed by atoms with van der Waals surface area (Å²) in [6.07, 6.45) is 3.76. The number of rotatable bonds is 6. The first kappa shape index (κ1) is 12.8. The first-order valence-electron chi connectivity index (χ1n) is 6.52. The van der Waals surface area contributed by atoms with Gasteiger partial charge >= 0.3 is 0 Å². The highest BCUT2D eigenvalue weighted by molar-refractivity contribution is 5.56. The van der Waals surface area contributed by atoms with Crippen molar-refractivity contribution in [2.45, 2.75) is 26.7 Å². The summed E-state index contributed by atoms with van der Waals surface area (Å²) >= 11 is 0. The maximum absolute atomic E-state index is 5.75. The third-order valence-electron chi connectivity index (χ3n) is 2.88. The molecule has 1 aromatic heterocycles. The van der Waals surface area contributed by atoms with Crippen LogP contribution in [0.4, 0.5) is 0 Å². The molecular weight excluding hydrogens is 224 g/mol. The molecule has 1 heterocycles. The number of hydrogen-bond acceptors (Lipinski definition) is 3. The average Bonchev–Trinajstić information content (AvgIpc) is 2.84. The van der Waals surface area contributed by atoms with Crippen LogP contribution >= 0.6 is 0 Å². The van der Waals surface area contributed by atoms with Crippen LogP contribution in [0.3, 0.4) is 0 Å². The van der Waals surface area contributed by atoms with Gasteiger partial charge < -0.3 is 9.73 Å². The molecule has 0 amide bonds. The minimum Gasteiger partial charge on any atom is -0.441 e. The van der Waals surface area contributed by atoms with Gasteiger partial charge in [-0.3, -0.25) is 0 Å². The van der Waals surface area contributed by atoms with E-state index in [9.17, 15) is 0 Å². The summed E-state index contributed by atoms with van der Waals surface area (Å²) in [6, 6.07) is 8.31. The van der Waals surface area contributed by atoms with Crippen molar-refractivity contribution in [2.75, 3.05) is 13.1 Å². The van der Waals surface area contributed by atoms with Gasteiger partial charge in [-0.25, -0.2) is 4.98 Å². The number of nitrogens with zero attached hydrogens (tertiary/aromatic N) is 1. The van der Waals surface area contributed by atoms with Crippen LogP contribution in [0.2, 0.25) is 0 Å². The molecule has 18 heavy (non-hydrogen) atoms. The molecule has 0 fully saturated rings. The summed E-state index contributed by atoms with van der Waals surface area (Å²) in [5, 5.41) is 3.29. The van der Waals surface area contributed by atoms with Gasteiger partial charge in [-0.15, -0.1) is 0 Å². The number of aryl methyl sites for hydroxylation is 2. The molecular formula is C15H20N2O. The maximum Gasteiger partial charge on any atom is 0.194 e. The standard InChI is InChI=1S/C15H20N2O/c1-3-16-10-4-5-15-17-11-14(18-15)13-8-6-12(2)7-9-13/h6-9,11,16H,3-5,10H2,1-2H3. The second-order valence-corrected chi connectivity index (χ2v) is 4.44. The quantitative estimate of drug-likeness (QED) is 0.793. The van der Waals surface area contributed by atoms with Gasteiger partial charge in [-0.1, -0.05) is 36.8 Å². The van der Waals surface area contributed by atoms with E-state index in [1.165, 1.54) is 5.56 Å². The Hall–Kier alpha value is -1.61. The zero-order chi connectivity index (χ0) is 12.8. The second-order valence-electron chi connectivity index (χ2n) is 4.44. The lowest BCUT2D eigenvalue weighted by Crippen LogP contribution is -2.14. The fraction of sp³-hybridized carbons (Fsp3) is 0.400. The van der Waals surface area contributed by atoms with Crippen LogP contribution < -0.4 is 5.32 Å². The molecule has 1 aromatic carbocycles. The van der Waals surface area contributed by atoms with Crippen molar-refractivity contribution < 1.29 is 4.42 Å².